The fraction of sp³-hybridized carbons (Fsp3) is 0.308. The molecule has 0 fully saturated rings. The molecule has 0 amide bonds. The lowest BCUT2D eigenvalue weighted by atomic mass is 10.1. The molecule has 0 aliphatic carbocycles. The van der Waals surface area contributed by atoms with Crippen LogP contribution in [-0.2, 0) is 11.6 Å². The van der Waals surface area contributed by atoms with Gasteiger partial charge in [-0.1, -0.05) is 0 Å². The van der Waals surface area contributed by atoms with Crippen LogP contribution in [-0.4, -0.2) is 30.2 Å². The smallest absolute Gasteiger partial charge is 0.139 e. The second kappa shape index (κ2) is 4.74. The van der Waals surface area contributed by atoms with E-state index < -0.39 is 7.14 Å². The van der Waals surface area contributed by atoms with E-state index in [1.807, 2.05) is 19.3 Å². The molecular weight excluding hydrogens is 261 g/mol. The summed E-state index contributed by atoms with van der Waals surface area (Å²) in [6, 6.07) is 3.63. The number of aryl methyl sites for hydroxylation is 1. The molecule has 0 aliphatic rings. The van der Waals surface area contributed by atoms with Crippen molar-refractivity contribution in [1.82, 2.24) is 9.78 Å². The quantitative estimate of drug-likeness (QED) is 0.688. The maximum atomic E-state index is 12.4. The molecule has 0 saturated heterocycles. The second-order valence-electron chi connectivity index (χ2n) is 4.84. The largest absolute Gasteiger partial charge is 0.495 e. The van der Waals surface area contributed by atoms with Crippen LogP contribution in [0.1, 0.15) is 0 Å². The van der Waals surface area contributed by atoms with Crippen molar-refractivity contribution in [3.05, 3.63) is 24.5 Å². The van der Waals surface area contributed by atoms with Crippen LogP contribution < -0.4 is 15.8 Å². The number of nitrogens with zero attached hydrogens (tertiary/aromatic N) is 2. The number of hydrogen-bond donors (Lipinski definition) is 1. The van der Waals surface area contributed by atoms with Crippen molar-refractivity contribution < 1.29 is 9.30 Å². The average Bonchev–Trinajstić information content (AvgIpc) is 2.73. The first-order chi connectivity index (χ1) is 8.84. The van der Waals surface area contributed by atoms with Gasteiger partial charge in [-0.3, -0.25) is 4.68 Å². The van der Waals surface area contributed by atoms with Gasteiger partial charge in [-0.2, -0.15) is 5.10 Å². The molecule has 1 aromatic heterocycles. The van der Waals surface area contributed by atoms with Gasteiger partial charge in [-0.15, -0.1) is 0 Å². The van der Waals surface area contributed by atoms with Gasteiger partial charge in [0.25, 0.3) is 0 Å². The normalized spacial score (nSPS) is 11.6. The van der Waals surface area contributed by atoms with E-state index >= 15 is 0 Å². The molecule has 0 spiro atoms. The highest BCUT2D eigenvalue weighted by molar-refractivity contribution is 7.70. The van der Waals surface area contributed by atoms with Crippen LogP contribution in [0, 0.1) is 0 Å². The van der Waals surface area contributed by atoms with Crippen molar-refractivity contribution >= 4 is 18.1 Å². The lowest BCUT2D eigenvalue weighted by Gasteiger charge is -2.18. The lowest BCUT2D eigenvalue weighted by molar-refractivity contribution is 0.419. The highest BCUT2D eigenvalue weighted by Crippen LogP contribution is 2.44. The zero-order valence-electron chi connectivity index (χ0n) is 11.5. The van der Waals surface area contributed by atoms with E-state index in [4.69, 9.17) is 10.5 Å². The molecule has 0 radical (unpaired) electrons. The Hall–Kier alpha value is -1.74. The van der Waals surface area contributed by atoms with Gasteiger partial charge < -0.3 is 15.0 Å². The minimum atomic E-state index is -2.53. The summed E-state index contributed by atoms with van der Waals surface area (Å²) in [4.78, 5) is 0. The number of ether oxygens (including phenoxy) is 1. The fourth-order valence-corrected chi connectivity index (χ4v) is 3.53. The van der Waals surface area contributed by atoms with E-state index in [0.29, 0.717) is 16.7 Å². The number of nitrogens with two attached hydrogens (primary N) is 1. The third-order valence-electron chi connectivity index (χ3n) is 2.92. The summed E-state index contributed by atoms with van der Waals surface area (Å²) in [5, 5.41) is 4.74. The number of nitrogen functional groups attached to an aromatic ring is 1. The van der Waals surface area contributed by atoms with Crippen LogP contribution in [0.25, 0.3) is 11.1 Å². The molecule has 6 heteroatoms. The molecule has 102 valence electrons. The maximum absolute atomic E-state index is 12.4. The zero-order valence-corrected chi connectivity index (χ0v) is 12.4. The molecule has 2 rings (SSSR count). The molecular formula is C13H18N3O2P. The Morgan fingerprint density at radius 2 is 2.05 bits per heavy atom. The number of aromatic nitrogens is 2. The molecule has 2 aromatic rings. The summed E-state index contributed by atoms with van der Waals surface area (Å²) in [6.07, 6.45) is 3.63. The summed E-state index contributed by atoms with van der Waals surface area (Å²) in [5.41, 5.74) is 8.22. The molecule has 0 bridgehead atoms. The molecule has 2 N–H and O–H groups in total. The Bertz CT molecular complexity index is 658. The van der Waals surface area contributed by atoms with Gasteiger partial charge in [-0.25, -0.2) is 0 Å². The molecule has 0 atom stereocenters. The second-order valence-corrected chi connectivity index (χ2v) is 7.99. The van der Waals surface area contributed by atoms with E-state index in [1.165, 1.54) is 0 Å². The first-order valence-corrected chi connectivity index (χ1v) is 8.45. The van der Waals surface area contributed by atoms with Crippen LogP contribution in [0.3, 0.4) is 0 Å². The van der Waals surface area contributed by atoms with Gasteiger partial charge in [-0.05, 0) is 25.5 Å². The van der Waals surface area contributed by atoms with Crippen molar-refractivity contribution in [3.63, 3.8) is 0 Å². The molecule has 0 saturated carbocycles. The van der Waals surface area contributed by atoms with Crippen molar-refractivity contribution in [2.75, 3.05) is 26.2 Å². The molecule has 1 aromatic carbocycles. The predicted molar refractivity (Wildman–Crippen MR) is 78.7 cm³/mol. The van der Waals surface area contributed by atoms with Crippen LogP contribution in [0.2, 0.25) is 0 Å². The summed E-state index contributed by atoms with van der Waals surface area (Å²) in [5.74, 6) is 0.571. The van der Waals surface area contributed by atoms with Crippen LogP contribution in [0.15, 0.2) is 24.5 Å². The number of rotatable bonds is 3. The van der Waals surface area contributed by atoms with Crippen LogP contribution in [0.5, 0.6) is 5.75 Å². The Labute approximate surface area is 112 Å². The minimum absolute atomic E-state index is 0.498. The van der Waals surface area contributed by atoms with Gasteiger partial charge in [0.1, 0.15) is 12.9 Å². The number of anilines is 1. The van der Waals surface area contributed by atoms with Crippen molar-refractivity contribution in [3.8, 4) is 16.9 Å². The highest BCUT2D eigenvalue weighted by Gasteiger charge is 2.24. The average molecular weight is 279 g/mol. The predicted octanol–water partition coefficient (Wildman–Crippen LogP) is 1.93. The van der Waals surface area contributed by atoms with E-state index in [-0.39, 0.29) is 0 Å². The highest BCUT2D eigenvalue weighted by atomic mass is 31.2. The third kappa shape index (κ3) is 2.51. The Balaban J connectivity index is 2.74. The number of methoxy groups -OCH3 is 1. The van der Waals surface area contributed by atoms with Gasteiger partial charge in [0.2, 0.25) is 0 Å². The first kappa shape index (κ1) is 13.7. The monoisotopic (exact) mass is 279 g/mol. The minimum Gasteiger partial charge on any atom is -0.495 e. The van der Waals surface area contributed by atoms with Gasteiger partial charge in [0, 0.05) is 30.1 Å². The summed E-state index contributed by atoms with van der Waals surface area (Å²) in [7, 11) is 0.882. The Morgan fingerprint density at radius 3 is 2.53 bits per heavy atom. The van der Waals surface area contributed by atoms with E-state index in [1.54, 1.807) is 37.4 Å². The molecule has 1 heterocycles. The zero-order chi connectivity index (χ0) is 14.2. The first-order valence-electron chi connectivity index (χ1n) is 5.85. The van der Waals surface area contributed by atoms with Crippen LogP contribution >= 0.6 is 7.14 Å². The van der Waals surface area contributed by atoms with Crippen molar-refractivity contribution in [1.29, 1.82) is 0 Å². The van der Waals surface area contributed by atoms with Gasteiger partial charge in [0.15, 0.2) is 0 Å². The van der Waals surface area contributed by atoms with Crippen molar-refractivity contribution in [2.24, 2.45) is 7.05 Å². The Kier molecular flexibility index (Phi) is 3.42. The number of benzene rings is 1. The maximum Gasteiger partial charge on any atom is 0.139 e. The Morgan fingerprint density at radius 1 is 1.37 bits per heavy atom. The third-order valence-corrected chi connectivity index (χ3v) is 4.46. The SMILES string of the molecule is COc1c(-c2cnn(C)c2)ccc(N)c1P(C)(C)=O. The molecule has 5 nitrogen and oxygen atoms in total. The van der Waals surface area contributed by atoms with Crippen molar-refractivity contribution in [2.45, 2.75) is 0 Å². The summed E-state index contributed by atoms with van der Waals surface area (Å²) < 4.78 is 19.6. The van der Waals surface area contributed by atoms with E-state index in [0.717, 1.165) is 11.1 Å². The van der Waals surface area contributed by atoms with E-state index in [9.17, 15) is 4.57 Å². The fourth-order valence-electron chi connectivity index (χ4n) is 2.14. The standard InChI is InChI=1S/C13H18N3O2P/c1-16-8-9(7-15-16)10-5-6-11(14)13(12(10)18-2)19(3,4)17/h5-8H,14H2,1-4H3. The topological polar surface area (TPSA) is 70.1 Å². The number of hydrogen-bond acceptors (Lipinski definition) is 4. The lowest BCUT2D eigenvalue weighted by Crippen LogP contribution is -2.14. The summed E-state index contributed by atoms with van der Waals surface area (Å²) in [6.45, 7) is 3.38. The van der Waals surface area contributed by atoms with Gasteiger partial charge in [0.05, 0.1) is 18.6 Å². The van der Waals surface area contributed by atoms with E-state index in [2.05, 4.69) is 5.10 Å². The summed E-state index contributed by atoms with van der Waals surface area (Å²) >= 11 is 0. The molecule has 0 aliphatic heterocycles. The molecule has 0 unspecified atom stereocenters. The van der Waals surface area contributed by atoms with Gasteiger partial charge >= 0.3 is 0 Å². The van der Waals surface area contributed by atoms with Crippen LogP contribution in [0.4, 0.5) is 5.69 Å². The molecule has 19 heavy (non-hydrogen) atoms.